The number of anilines is 2. The fraction of sp³-hybridized carbons (Fsp3) is 0.368. The number of hydrogen-bond acceptors (Lipinski definition) is 6. The van der Waals surface area contributed by atoms with Crippen LogP contribution >= 0.6 is 11.3 Å². The molecule has 2 heterocycles. The van der Waals surface area contributed by atoms with Crippen molar-refractivity contribution in [2.24, 2.45) is 0 Å². The van der Waals surface area contributed by atoms with E-state index in [1.54, 1.807) is 18.4 Å². The number of benzene rings is 1. The molecule has 6 heteroatoms. The van der Waals surface area contributed by atoms with Gasteiger partial charge in [-0.3, -0.25) is 0 Å². The Balaban J connectivity index is 1.74. The van der Waals surface area contributed by atoms with Crippen LogP contribution in [0.15, 0.2) is 35.7 Å². The van der Waals surface area contributed by atoms with Gasteiger partial charge in [-0.05, 0) is 28.5 Å². The van der Waals surface area contributed by atoms with Crippen molar-refractivity contribution in [3.8, 4) is 0 Å². The van der Waals surface area contributed by atoms with Gasteiger partial charge in [0.15, 0.2) is 0 Å². The molecule has 132 valence electrons. The van der Waals surface area contributed by atoms with Gasteiger partial charge in [-0.25, -0.2) is 4.98 Å². The average Bonchev–Trinajstić information content (AvgIpc) is 3.09. The minimum absolute atomic E-state index is 0.551. The number of ether oxygens (including phenoxy) is 1. The maximum Gasteiger partial charge on any atom is 0.225 e. The molecule has 25 heavy (non-hydrogen) atoms. The van der Waals surface area contributed by atoms with Crippen LogP contribution in [0.3, 0.4) is 0 Å². The highest BCUT2D eigenvalue weighted by atomic mass is 32.1. The third-order valence-electron chi connectivity index (χ3n) is 4.00. The second kappa shape index (κ2) is 8.27. The first kappa shape index (κ1) is 17.6. The summed E-state index contributed by atoms with van der Waals surface area (Å²) in [7, 11) is 1.68. The van der Waals surface area contributed by atoms with E-state index in [2.05, 4.69) is 58.7 Å². The zero-order valence-electron chi connectivity index (χ0n) is 14.9. The summed E-state index contributed by atoms with van der Waals surface area (Å²) in [5, 5.41) is 8.70. The number of aromatic nitrogens is 2. The zero-order valence-corrected chi connectivity index (χ0v) is 15.7. The first-order chi connectivity index (χ1) is 12.2. The molecule has 0 aliphatic carbocycles. The van der Waals surface area contributed by atoms with Crippen molar-refractivity contribution in [2.75, 3.05) is 30.9 Å². The SMILES string of the molecule is COCCNc1nc(NCc2ccc(C(C)C)cc2)c2sccc2n1. The van der Waals surface area contributed by atoms with E-state index in [1.807, 2.05) is 11.4 Å². The number of hydrogen-bond donors (Lipinski definition) is 2. The molecule has 5 nitrogen and oxygen atoms in total. The molecule has 3 rings (SSSR count). The lowest BCUT2D eigenvalue weighted by Gasteiger charge is -2.11. The standard InChI is InChI=1S/C19H24N4OS/c1-13(2)15-6-4-14(5-7-15)12-21-18-17-16(8-11-25-17)22-19(23-18)20-9-10-24-3/h4-8,11,13H,9-10,12H2,1-3H3,(H2,20,21,22,23). The van der Waals surface area contributed by atoms with Gasteiger partial charge in [-0.15, -0.1) is 11.3 Å². The number of methoxy groups -OCH3 is 1. The van der Waals surface area contributed by atoms with Crippen LogP contribution in [0.2, 0.25) is 0 Å². The van der Waals surface area contributed by atoms with Gasteiger partial charge in [0.05, 0.1) is 16.8 Å². The lowest BCUT2D eigenvalue weighted by Crippen LogP contribution is -2.11. The van der Waals surface area contributed by atoms with E-state index in [0.717, 1.165) is 22.6 Å². The van der Waals surface area contributed by atoms with Crippen molar-refractivity contribution >= 4 is 33.3 Å². The molecule has 2 N–H and O–H groups in total. The van der Waals surface area contributed by atoms with Crippen LogP contribution in [0, 0.1) is 0 Å². The van der Waals surface area contributed by atoms with Gasteiger partial charge in [0.2, 0.25) is 5.95 Å². The Bertz CT molecular complexity index is 814. The molecule has 0 radical (unpaired) electrons. The Hall–Kier alpha value is -2.18. The summed E-state index contributed by atoms with van der Waals surface area (Å²) in [6, 6.07) is 10.8. The van der Waals surface area contributed by atoms with Gasteiger partial charge >= 0.3 is 0 Å². The highest BCUT2D eigenvalue weighted by Gasteiger charge is 2.09. The number of thiophene rings is 1. The van der Waals surface area contributed by atoms with Crippen LogP contribution in [-0.2, 0) is 11.3 Å². The molecule has 0 aliphatic heterocycles. The summed E-state index contributed by atoms with van der Waals surface area (Å²) in [4.78, 5) is 9.17. The molecule has 0 saturated carbocycles. The molecule has 0 aliphatic rings. The smallest absolute Gasteiger partial charge is 0.225 e. The number of nitrogens with one attached hydrogen (secondary N) is 2. The van der Waals surface area contributed by atoms with E-state index in [1.165, 1.54) is 11.1 Å². The highest BCUT2D eigenvalue weighted by Crippen LogP contribution is 2.27. The van der Waals surface area contributed by atoms with Crippen LogP contribution in [0.5, 0.6) is 0 Å². The van der Waals surface area contributed by atoms with E-state index in [0.29, 0.717) is 25.0 Å². The minimum Gasteiger partial charge on any atom is -0.383 e. The van der Waals surface area contributed by atoms with Gasteiger partial charge in [-0.2, -0.15) is 4.98 Å². The lowest BCUT2D eigenvalue weighted by atomic mass is 10.0. The van der Waals surface area contributed by atoms with Crippen LogP contribution in [0.4, 0.5) is 11.8 Å². The van der Waals surface area contributed by atoms with Crippen molar-refractivity contribution in [2.45, 2.75) is 26.3 Å². The van der Waals surface area contributed by atoms with Crippen molar-refractivity contribution < 1.29 is 4.74 Å². The number of rotatable bonds is 8. The van der Waals surface area contributed by atoms with Gasteiger partial charge in [0.25, 0.3) is 0 Å². The second-order valence-corrected chi connectivity index (χ2v) is 7.12. The van der Waals surface area contributed by atoms with Crippen LogP contribution < -0.4 is 10.6 Å². The predicted molar refractivity (Wildman–Crippen MR) is 106 cm³/mol. The summed E-state index contributed by atoms with van der Waals surface area (Å²) >= 11 is 1.65. The zero-order chi connectivity index (χ0) is 17.6. The molecule has 0 bridgehead atoms. The van der Waals surface area contributed by atoms with Gasteiger partial charge in [0, 0.05) is 20.2 Å². The molecule has 0 fully saturated rings. The maximum absolute atomic E-state index is 5.07. The van der Waals surface area contributed by atoms with Crippen molar-refractivity contribution in [1.82, 2.24) is 9.97 Å². The third-order valence-corrected chi connectivity index (χ3v) is 4.91. The second-order valence-electron chi connectivity index (χ2n) is 6.20. The molecule has 3 aromatic rings. The van der Waals surface area contributed by atoms with Crippen molar-refractivity contribution in [3.05, 3.63) is 46.8 Å². The fourth-order valence-electron chi connectivity index (χ4n) is 2.53. The highest BCUT2D eigenvalue weighted by molar-refractivity contribution is 7.17. The van der Waals surface area contributed by atoms with Crippen LogP contribution in [0.25, 0.3) is 10.2 Å². The van der Waals surface area contributed by atoms with Gasteiger partial charge in [-0.1, -0.05) is 38.1 Å². The summed E-state index contributed by atoms with van der Waals surface area (Å²) in [5.74, 6) is 2.05. The van der Waals surface area contributed by atoms with E-state index < -0.39 is 0 Å². The number of fused-ring (bicyclic) bond motifs is 1. The van der Waals surface area contributed by atoms with Crippen LogP contribution in [0.1, 0.15) is 30.9 Å². The molecule has 0 spiro atoms. The van der Waals surface area contributed by atoms with E-state index in [4.69, 9.17) is 4.74 Å². The van der Waals surface area contributed by atoms with Gasteiger partial charge < -0.3 is 15.4 Å². The first-order valence-electron chi connectivity index (χ1n) is 8.48. The molecule has 0 saturated heterocycles. The molecule has 1 aromatic carbocycles. The summed E-state index contributed by atoms with van der Waals surface area (Å²) in [6.45, 7) is 6.46. The summed E-state index contributed by atoms with van der Waals surface area (Å²) in [5.41, 5.74) is 3.55. The Morgan fingerprint density at radius 2 is 1.88 bits per heavy atom. The minimum atomic E-state index is 0.551. The van der Waals surface area contributed by atoms with Gasteiger partial charge in [0.1, 0.15) is 5.82 Å². The lowest BCUT2D eigenvalue weighted by molar-refractivity contribution is 0.210. The Morgan fingerprint density at radius 3 is 2.60 bits per heavy atom. The molecule has 0 amide bonds. The number of nitrogens with zero attached hydrogens (tertiary/aromatic N) is 2. The summed E-state index contributed by atoms with van der Waals surface area (Å²) in [6.07, 6.45) is 0. The Labute approximate surface area is 152 Å². The quantitative estimate of drug-likeness (QED) is 0.583. The monoisotopic (exact) mass is 356 g/mol. The molecular weight excluding hydrogens is 332 g/mol. The average molecular weight is 356 g/mol. The normalized spacial score (nSPS) is 11.2. The van der Waals surface area contributed by atoms with Crippen LogP contribution in [-0.4, -0.2) is 30.2 Å². The molecular formula is C19H24N4OS. The van der Waals surface area contributed by atoms with E-state index in [-0.39, 0.29) is 0 Å². The largest absolute Gasteiger partial charge is 0.383 e. The topological polar surface area (TPSA) is 59.1 Å². The molecule has 2 aromatic heterocycles. The van der Waals surface area contributed by atoms with E-state index in [9.17, 15) is 0 Å². The molecule has 0 atom stereocenters. The van der Waals surface area contributed by atoms with E-state index >= 15 is 0 Å². The molecule has 0 unspecified atom stereocenters. The fourth-order valence-corrected chi connectivity index (χ4v) is 3.33. The summed E-state index contributed by atoms with van der Waals surface area (Å²) < 4.78 is 6.15. The van der Waals surface area contributed by atoms with Crippen molar-refractivity contribution in [3.63, 3.8) is 0 Å². The Morgan fingerprint density at radius 1 is 1.08 bits per heavy atom. The maximum atomic E-state index is 5.07. The Kier molecular flexibility index (Phi) is 5.83. The third kappa shape index (κ3) is 4.46. The first-order valence-corrected chi connectivity index (χ1v) is 9.36. The predicted octanol–water partition coefficient (Wildman–Crippen LogP) is 4.49. The van der Waals surface area contributed by atoms with Crippen molar-refractivity contribution in [1.29, 1.82) is 0 Å².